The summed E-state index contributed by atoms with van der Waals surface area (Å²) >= 11 is 9.47. The van der Waals surface area contributed by atoms with Crippen LogP contribution in [-0.4, -0.2) is 27.3 Å². The number of anilines is 1. The van der Waals surface area contributed by atoms with Gasteiger partial charge >= 0.3 is 0 Å². The van der Waals surface area contributed by atoms with Gasteiger partial charge in [0, 0.05) is 20.7 Å². The second-order valence-corrected chi connectivity index (χ2v) is 7.92. The summed E-state index contributed by atoms with van der Waals surface area (Å²) in [6, 6.07) is 22.0. The molecule has 0 fully saturated rings. The SMILES string of the molecule is CCOc1ccc(NC(=O)c2nc(-c3ccc(Br)cc3)n(-c3ccc(Cl)cc3)n2)cc1. The Hall–Kier alpha value is -3.16. The second kappa shape index (κ2) is 9.32. The highest BCUT2D eigenvalue weighted by atomic mass is 79.9. The Balaban J connectivity index is 1.67. The van der Waals surface area contributed by atoms with Crippen LogP contribution in [0, 0.1) is 0 Å². The highest BCUT2D eigenvalue weighted by Crippen LogP contribution is 2.24. The molecule has 0 radical (unpaired) electrons. The predicted octanol–water partition coefficient (Wildman–Crippen LogP) is 6.00. The highest BCUT2D eigenvalue weighted by molar-refractivity contribution is 9.10. The van der Waals surface area contributed by atoms with E-state index in [0.717, 1.165) is 21.5 Å². The summed E-state index contributed by atoms with van der Waals surface area (Å²) < 4.78 is 8.01. The van der Waals surface area contributed by atoms with Gasteiger partial charge < -0.3 is 10.1 Å². The second-order valence-electron chi connectivity index (χ2n) is 6.57. The Morgan fingerprint density at radius 1 is 1.03 bits per heavy atom. The minimum atomic E-state index is -0.407. The molecule has 0 saturated carbocycles. The Bertz CT molecular complexity index is 1130. The largest absolute Gasteiger partial charge is 0.494 e. The lowest BCUT2D eigenvalue weighted by Crippen LogP contribution is -2.14. The summed E-state index contributed by atoms with van der Waals surface area (Å²) in [5.74, 6) is 0.937. The molecule has 1 heterocycles. The lowest BCUT2D eigenvalue weighted by atomic mass is 10.2. The van der Waals surface area contributed by atoms with Crippen LogP contribution in [0.15, 0.2) is 77.3 Å². The molecule has 1 amide bonds. The van der Waals surface area contributed by atoms with E-state index in [1.54, 1.807) is 41.1 Å². The van der Waals surface area contributed by atoms with Gasteiger partial charge in [0.05, 0.1) is 12.3 Å². The number of amides is 1. The van der Waals surface area contributed by atoms with E-state index < -0.39 is 5.91 Å². The standard InChI is InChI=1S/C23H18BrClN4O2/c1-2-31-20-13-9-18(10-14-20)26-23(30)21-27-22(15-3-5-16(24)6-4-15)29(28-21)19-11-7-17(25)8-12-19/h3-14H,2H2,1H3,(H,26,30). The van der Waals surface area contributed by atoms with Crippen molar-refractivity contribution in [3.63, 3.8) is 0 Å². The molecule has 0 unspecified atom stereocenters. The van der Waals surface area contributed by atoms with Crippen molar-refractivity contribution in [1.82, 2.24) is 14.8 Å². The number of rotatable bonds is 6. The summed E-state index contributed by atoms with van der Waals surface area (Å²) in [6.45, 7) is 2.50. The van der Waals surface area contributed by atoms with E-state index in [-0.39, 0.29) is 5.82 Å². The summed E-state index contributed by atoms with van der Waals surface area (Å²) in [4.78, 5) is 17.4. The van der Waals surface area contributed by atoms with E-state index in [2.05, 4.69) is 31.3 Å². The Labute approximate surface area is 193 Å². The number of carbonyl (C=O) groups excluding carboxylic acids is 1. The zero-order chi connectivity index (χ0) is 21.8. The van der Waals surface area contributed by atoms with Gasteiger partial charge in [0.1, 0.15) is 5.75 Å². The van der Waals surface area contributed by atoms with Crippen molar-refractivity contribution in [2.45, 2.75) is 6.92 Å². The molecule has 31 heavy (non-hydrogen) atoms. The van der Waals surface area contributed by atoms with Gasteiger partial charge in [0.2, 0.25) is 5.82 Å². The third-order valence-corrected chi connectivity index (χ3v) is 5.19. The van der Waals surface area contributed by atoms with E-state index >= 15 is 0 Å². The average molecular weight is 498 g/mol. The maximum absolute atomic E-state index is 12.9. The average Bonchev–Trinajstić information content (AvgIpc) is 3.22. The minimum absolute atomic E-state index is 0.0572. The smallest absolute Gasteiger partial charge is 0.295 e. The quantitative estimate of drug-likeness (QED) is 0.355. The van der Waals surface area contributed by atoms with Gasteiger partial charge in [0.15, 0.2) is 5.82 Å². The first kappa shape index (κ1) is 21.1. The monoisotopic (exact) mass is 496 g/mol. The van der Waals surface area contributed by atoms with E-state index in [4.69, 9.17) is 16.3 Å². The number of halogens is 2. The maximum atomic E-state index is 12.9. The van der Waals surface area contributed by atoms with Gasteiger partial charge in [-0.05, 0) is 67.6 Å². The molecule has 0 bridgehead atoms. The number of nitrogens with zero attached hydrogens (tertiary/aromatic N) is 3. The van der Waals surface area contributed by atoms with Crippen LogP contribution in [-0.2, 0) is 0 Å². The van der Waals surface area contributed by atoms with Crippen molar-refractivity contribution >= 4 is 39.1 Å². The molecule has 3 aromatic carbocycles. The fourth-order valence-electron chi connectivity index (χ4n) is 2.94. The van der Waals surface area contributed by atoms with Crippen LogP contribution in [0.4, 0.5) is 5.69 Å². The van der Waals surface area contributed by atoms with Crippen molar-refractivity contribution in [3.05, 3.63) is 88.1 Å². The van der Waals surface area contributed by atoms with E-state index in [1.165, 1.54) is 0 Å². The third-order valence-electron chi connectivity index (χ3n) is 4.41. The summed E-state index contributed by atoms with van der Waals surface area (Å²) in [5.41, 5.74) is 2.20. The fraction of sp³-hybridized carbons (Fsp3) is 0.0870. The van der Waals surface area contributed by atoms with Crippen molar-refractivity contribution < 1.29 is 9.53 Å². The third kappa shape index (κ3) is 4.95. The molecule has 0 aliphatic carbocycles. The van der Waals surface area contributed by atoms with Crippen molar-refractivity contribution in [1.29, 1.82) is 0 Å². The molecule has 156 valence electrons. The zero-order valence-corrected chi connectivity index (χ0v) is 18.9. The molecule has 4 rings (SSSR count). The predicted molar refractivity (Wildman–Crippen MR) is 125 cm³/mol. The van der Waals surface area contributed by atoms with Crippen LogP contribution in [0.3, 0.4) is 0 Å². The van der Waals surface area contributed by atoms with Crippen LogP contribution in [0.25, 0.3) is 17.1 Å². The Morgan fingerprint density at radius 3 is 2.35 bits per heavy atom. The van der Waals surface area contributed by atoms with Gasteiger partial charge in [-0.25, -0.2) is 9.67 Å². The molecular weight excluding hydrogens is 480 g/mol. The van der Waals surface area contributed by atoms with Crippen LogP contribution < -0.4 is 10.1 Å². The van der Waals surface area contributed by atoms with Gasteiger partial charge in [0.25, 0.3) is 5.91 Å². The molecule has 6 nitrogen and oxygen atoms in total. The number of carbonyl (C=O) groups is 1. The first-order chi connectivity index (χ1) is 15.0. The molecule has 0 spiro atoms. The summed E-state index contributed by atoms with van der Waals surface area (Å²) in [6.07, 6.45) is 0. The minimum Gasteiger partial charge on any atom is -0.494 e. The number of nitrogens with one attached hydrogen (secondary N) is 1. The van der Waals surface area contributed by atoms with Gasteiger partial charge in [-0.3, -0.25) is 4.79 Å². The van der Waals surface area contributed by atoms with E-state index in [1.807, 2.05) is 43.3 Å². The fourth-order valence-corrected chi connectivity index (χ4v) is 3.33. The molecule has 0 aliphatic rings. The first-order valence-electron chi connectivity index (χ1n) is 9.56. The van der Waals surface area contributed by atoms with E-state index in [0.29, 0.717) is 23.1 Å². The molecule has 0 saturated heterocycles. The number of aromatic nitrogens is 3. The Morgan fingerprint density at radius 2 is 1.71 bits per heavy atom. The number of ether oxygens (including phenoxy) is 1. The van der Waals surface area contributed by atoms with Gasteiger partial charge in [-0.2, -0.15) is 0 Å². The lowest BCUT2D eigenvalue weighted by molar-refractivity contribution is 0.101. The van der Waals surface area contributed by atoms with Gasteiger partial charge in [-0.15, -0.1) is 5.10 Å². The molecular formula is C23H18BrClN4O2. The number of hydrogen-bond donors (Lipinski definition) is 1. The molecule has 8 heteroatoms. The number of benzene rings is 3. The zero-order valence-electron chi connectivity index (χ0n) is 16.5. The first-order valence-corrected chi connectivity index (χ1v) is 10.7. The molecule has 0 atom stereocenters. The van der Waals surface area contributed by atoms with Crippen molar-refractivity contribution in [3.8, 4) is 22.8 Å². The van der Waals surface area contributed by atoms with Crippen LogP contribution in [0.5, 0.6) is 5.75 Å². The number of hydrogen-bond acceptors (Lipinski definition) is 4. The molecule has 1 N–H and O–H groups in total. The normalized spacial score (nSPS) is 10.7. The van der Waals surface area contributed by atoms with Crippen LogP contribution in [0.1, 0.15) is 17.5 Å². The summed E-state index contributed by atoms with van der Waals surface area (Å²) in [5, 5.41) is 7.91. The molecule has 0 aliphatic heterocycles. The summed E-state index contributed by atoms with van der Waals surface area (Å²) in [7, 11) is 0. The molecule has 1 aromatic heterocycles. The van der Waals surface area contributed by atoms with Crippen molar-refractivity contribution in [2.24, 2.45) is 0 Å². The molecule has 4 aromatic rings. The van der Waals surface area contributed by atoms with Crippen LogP contribution in [0.2, 0.25) is 5.02 Å². The Kier molecular flexibility index (Phi) is 6.34. The van der Waals surface area contributed by atoms with Crippen LogP contribution >= 0.6 is 27.5 Å². The highest BCUT2D eigenvalue weighted by Gasteiger charge is 2.19. The lowest BCUT2D eigenvalue weighted by Gasteiger charge is -2.06. The topological polar surface area (TPSA) is 69.0 Å². The van der Waals surface area contributed by atoms with E-state index in [9.17, 15) is 4.79 Å². The maximum Gasteiger partial charge on any atom is 0.295 e. The van der Waals surface area contributed by atoms with Crippen molar-refractivity contribution in [2.75, 3.05) is 11.9 Å². The van der Waals surface area contributed by atoms with Gasteiger partial charge in [-0.1, -0.05) is 39.7 Å².